The van der Waals surface area contributed by atoms with E-state index in [-0.39, 0.29) is 5.41 Å². The molecule has 0 aromatic rings. The Morgan fingerprint density at radius 1 is 1.27 bits per heavy atom. The molecule has 0 unspecified atom stereocenters. The zero-order chi connectivity index (χ0) is 8.32. The largest absolute Gasteiger partial charge is 0.334 e. The molecule has 0 N–H and O–H groups in total. The van der Waals surface area contributed by atoms with Crippen LogP contribution in [-0.4, -0.2) is 30.7 Å². The fourth-order valence-electron chi connectivity index (χ4n) is 1.19. The highest BCUT2D eigenvalue weighted by Gasteiger charge is 2.30. The second-order valence-electron chi connectivity index (χ2n) is 3.24. The van der Waals surface area contributed by atoms with Gasteiger partial charge in [0.05, 0.1) is 0 Å². The van der Waals surface area contributed by atoms with Crippen LogP contribution in [0.3, 0.4) is 0 Å². The monoisotopic (exact) mass is 153 g/mol. The quantitative estimate of drug-likeness (QED) is 0.571. The Labute approximate surface area is 66.4 Å². The molecule has 0 atom stereocenters. The summed E-state index contributed by atoms with van der Waals surface area (Å²) in [5.41, 5.74) is -0.326. The molecule has 1 heterocycles. The lowest BCUT2D eigenvalue weighted by Crippen LogP contribution is -2.38. The summed E-state index contributed by atoms with van der Waals surface area (Å²) in [5, 5.41) is 0. The molecule has 0 aliphatic carbocycles. The number of amides is 1. The van der Waals surface area contributed by atoms with Crippen LogP contribution in [0.25, 0.3) is 0 Å². The SMILES string of the molecule is CC1([C]=O)CCN([C]=O)CC1. The molecule has 0 spiro atoms. The maximum absolute atomic E-state index is 10.4. The van der Waals surface area contributed by atoms with Gasteiger partial charge in [-0.25, -0.2) is 0 Å². The maximum Gasteiger partial charge on any atom is 0.312 e. The van der Waals surface area contributed by atoms with Crippen molar-refractivity contribution in [2.45, 2.75) is 19.8 Å². The molecule has 3 heteroatoms. The van der Waals surface area contributed by atoms with E-state index in [1.165, 1.54) is 0 Å². The van der Waals surface area contributed by atoms with Gasteiger partial charge in [-0.3, -0.25) is 9.59 Å². The molecule has 1 amide bonds. The second-order valence-corrected chi connectivity index (χ2v) is 3.24. The lowest BCUT2D eigenvalue weighted by molar-refractivity contribution is 0.222. The standard InChI is InChI=1S/C8H11NO2/c1-8(6-10)2-4-9(7-11)5-3-8/h2-5H2,1H3. The number of hydrogen-bond donors (Lipinski definition) is 0. The van der Waals surface area contributed by atoms with Crippen molar-refractivity contribution in [1.29, 1.82) is 0 Å². The van der Waals surface area contributed by atoms with Crippen molar-refractivity contribution < 1.29 is 9.59 Å². The van der Waals surface area contributed by atoms with Crippen molar-refractivity contribution in [3.63, 3.8) is 0 Å². The first-order valence-corrected chi connectivity index (χ1v) is 3.72. The summed E-state index contributed by atoms with van der Waals surface area (Å²) in [7, 11) is 0. The molecule has 1 fully saturated rings. The minimum Gasteiger partial charge on any atom is -0.334 e. The third-order valence-corrected chi connectivity index (χ3v) is 2.24. The van der Waals surface area contributed by atoms with Gasteiger partial charge >= 0.3 is 6.41 Å². The van der Waals surface area contributed by atoms with Gasteiger partial charge in [-0.15, -0.1) is 0 Å². The van der Waals surface area contributed by atoms with E-state index < -0.39 is 0 Å². The van der Waals surface area contributed by atoms with Crippen LogP contribution in [0, 0.1) is 5.41 Å². The fraction of sp³-hybridized carbons (Fsp3) is 0.750. The molecule has 1 aliphatic heterocycles. The molecule has 11 heavy (non-hydrogen) atoms. The van der Waals surface area contributed by atoms with Gasteiger partial charge in [-0.1, -0.05) is 6.92 Å². The summed E-state index contributed by atoms with van der Waals surface area (Å²) >= 11 is 0. The Hall–Kier alpha value is -0.860. The van der Waals surface area contributed by atoms with E-state index >= 15 is 0 Å². The molecule has 0 aromatic heterocycles. The Morgan fingerprint density at radius 2 is 1.82 bits per heavy atom. The molecular formula is C8H11NO2. The predicted octanol–water partition coefficient (Wildman–Crippen LogP) is 0.265. The number of likely N-dealkylation sites (tertiary alicyclic amines) is 1. The second kappa shape index (κ2) is 3.03. The molecule has 1 aliphatic rings. The van der Waals surface area contributed by atoms with Crippen LogP contribution >= 0.6 is 0 Å². The summed E-state index contributed by atoms with van der Waals surface area (Å²) in [4.78, 5) is 22.2. The van der Waals surface area contributed by atoms with Crippen LogP contribution in [0.5, 0.6) is 0 Å². The van der Waals surface area contributed by atoms with Gasteiger partial charge in [-0.2, -0.15) is 0 Å². The Kier molecular flexibility index (Phi) is 2.27. The van der Waals surface area contributed by atoms with Crippen LogP contribution in [0.15, 0.2) is 0 Å². The highest BCUT2D eigenvalue weighted by Crippen LogP contribution is 2.27. The van der Waals surface area contributed by atoms with Crippen LogP contribution in [-0.2, 0) is 9.59 Å². The van der Waals surface area contributed by atoms with Crippen LogP contribution in [0.2, 0.25) is 0 Å². The minimum absolute atomic E-state index is 0.326. The van der Waals surface area contributed by atoms with E-state index in [1.54, 1.807) is 4.90 Å². The summed E-state index contributed by atoms with van der Waals surface area (Å²) in [6.07, 6.45) is 5.27. The average molecular weight is 153 g/mol. The van der Waals surface area contributed by atoms with E-state index in [2.05, 4.69) is 0 Å². The zero-order valence-electron chi connectivity index (χ0n) is 6.59. The van der Waals surface area contributed by atoms with Crippen LogP contribution < -0.4 is 0 Å². The molecule has 2 radical (unpaired) electrons. The molecule has 1 rings (SSSR count). The third-order valence-electron chi connectivity index (χ3n) is 2.24. The number of carbonyl (C=O) groups excluding carboxylic acids is 2. The van der Waals surface area contributed by atoms with Crippen molar-refractivity contribution in [3.05, 3.63) is 0 Å². The first-order valence-electron chi connectivity index (χ1n) is 3.72. The highest BCUT2D eigenvalue weighted by atomic mass is 16.1. The van der Waals surface area contributed by atoms with Crippen LogP contribution in [0.4, 0.5) is 0 Å². The van der Waals surface area contributed by atoms with Gasteiger partial charge in [0.25, 0.3) is 0 Å². The molecule has 1 saturated heterocycles. The van der Waals surface area contributed by atoms with E-state index in [4.69, 9.17) is 0 Å². The normalized spacial score (nSPS) is 22.8. The van der Waals surface area contributed by atoms with Gasteiger partial charge in [0.1, 0.15) is 0 Å². The third kappa shape index (κ3) is 1.79. The summed E-state index contributed by atoms with van der Waals surface area (Å²) in [6.45, 7) is 3.15. The lowest BCUT2D eigenvalue weighted by atomic mass is 9.82. The highest BCUT2D eigenvalue weighted by molar-refractivity contribution is 5.60. The number of piperidine rings is 1. The predicted molar refractivity (Wildman–Crippen MR) is 40.3 cm³/mol. The first-order chi connectivity index (χ1) is 5.20. The fourth-order valence-corrected chi connectivity index (χ4v) is 1.19. The van der Waals surface area contributed by atoms with Crippen molar-refractivity contribution in [1.82, 2.24) is 4.90 Å². The molecule has 3 nitrogen and oxygen atoms in total. The Bertz CT molecular complexity index is 159. The van der Waals surface area contributed by atoms with E-state index in [0.29, 0.717) is 25.9 Å². The maximum atomic E-state index is 10.4. The topological polar surface area (TPSA) is 37.4 Å². The van der Waals surface area contributed by atoms with E-state index in [1.807, 2.05) is 19.6 Å². The van der Waals surface area contributed by atoms with Gasteiger partial charge in [0.2, 0.25) is 6.29 Å². The average Bonchev–Trinajstić information content (AvgIpc) is 2.06. The number of hydrogen-bond acceptors (Lipinski definition) is 2. The Morgan fingerprint density at radius 3 is 2.18 bits per heavy atom. The summed E-state index contributed by atoms with van der Waals surface area (Å²) in [6, 6.07) is 0. The molecule has 0 aromatic carbocycles. The van der Waals surface area contributed by atoms with Gasteiger partial charge < -0.3 is 4.90 Å². The van der Waals surface area contributed by atoms with Gasteiger partial charge in [0, 0.05) is 18.5 Å². The molecule has 0 saturated carbocycles. The van der Waals surface area contributed by atoms with Crippen molar-refractivity contribution in [3.8, 4) is 0 Å². The molecular weight excluding hydrogens is 142 g/mol. The van der Waals surface area contributed by atoms with E-state index in [0.717, 1.165) is 0 Å². The summed E-state index contributed by atoms with van der Waals surface area (Å²) < 4.78 is 0. The Balaban J connectivity index is 2.46. The smallest absolute Gasteiger partial charge is 0.312 e. The minimum atomic E-state index is -0.326. The molecule has 60 valence electrons. The van der Waals surface area contributed by atoms with Crippen molar-refractivity contribution in [2.75, 3.05) is 13.1 Å². The van der Waals surface area contributed by atoms with Crippen molar-refractivity contribution in [2.24, 2.45) is 5.41 Å². The lowest BCUT2D eigenvalue weighted by Gasteiger charge is -2.32. The first kappa shape index (κ1) is 8.24. The summed E-state index contributed by atoms with van der Waals surface area (Å²) in [5.74, 6) is 0. The molecule has 0 bridgehead atoms. The van der Waals surface area contributed by atoms with Crippen molar-refractivity contribution >= 4 is 12.7 Å². The number of rotatable bonds is 2. The van der Waals surface area contributed by atoms with Gasteiger partial charge in [-0.05, 0) is 12.8 Å². The van der Waals surface area contributed by atoms with E-state index in [9.17, 15) is 9.59 Å². The number of nitrogens with zero attached hydrogens (tertiary/aromatic N) is 1. The zero-order valence-corrected chi connectivity index (χ0v) is 6.59. The van der Waals surface area contributed by atoms with Gasteiger partial charge in [0.15, 0.2) is 0 Å². The van der Waals surface area contributed by atoms with Crippen LogP contribution in [0.1, 0.15) is 19.8 Å².